The Morgan fingerprint density at radius 1 is 1.09 bits per heavy atom. The van der Waals surface area contributed by atoms with Gasteiger partial charge in [0.25, 0.3) is 11.8 Å². The lowest BCUT2D eigenvalue weighted by molar-refractivity contribution is -0.142. The number of aromatic nitrogens is 2. The van der Waals surface area contributed by atoms with Gasteiger partial charge in [0, 0.05) is 63.2 Å². The highest BCUT2D eigenvalue weighted by molar-refractivity contribution is 5.94. The molecule has 0 unspecified atom stereocenters. The third-order valence-corrected chi connectivity index (χ3v) is 6.28. The Hall–Kier alpha value is -3.39. The van der Waals surface area contributed by atoms with E-state index in [-0.39, 0.29) is 24.0 Å². The van der Waals surface area contributed by atoms with Crippen molar-refractivity contribution < 1.29 is 19.1 Å². The smallest absolute Gasteiger partial charge is 0.251 e. The van der Waals surface area contributed by atoms with Crippen molar-refractivity contribution in [2.75, 3.05) is 19.7 Å². The molecule has 8 heteroatoms. The highest BCUT2D eigenvalue weighted by Gasteiger charge is 2.31. The number of benzene rings is 1. The van der Waals surface area contributed by atoms with Gasteiger partial charge in [-0.15, -0.1) is 0 Å². The first-order chi connectivity index (χ1) is 16.2. The van der Waals surface area contributed by atoms with Gasteiger partial charge < -0.3 is 24.1 Å². The van der Waals surface area contributed by atoms with Crippen LogP contribution in [-0.4, -0.2) is 58.0 Å². The number of likely N-dealkylation sites (tertiary alicyclic amines) is 1. The van der Waals surface area contributed by atoms with Crippen LogP contribution in [0, 0.1) is 0 Å². The first kappa shape index (κ1) is 21.5. The van der Waals surface area contributed by atoms with Gasteiger partial charge in [0.15, 0.2) is 0 Å². The molecule has 0 spiro atoms. The van der Waals surface area contributed by atoms with E-state index in [1.807, 2.05) is 46.0 Å². The standard InChI is InChI=1S/C25H28N4O4/c30-24(27-16-18-3-8-23-26-11-14-29(23)17-18)19-4-6-20(7-5-19)33-21-9-12-28(13-10-21)25(31)22-2-1-15-32-22/h3-8,11,14,17,21-22H,1-2,9-10,12-13,15-16H2,(H,27,30)/t22-/m1/s1. The first-order valence-electron chi connectivity index (χ1n) is 11.5. The molecule has 0 aliphatic carbocycles. The maximum Gasteiger partial charge on any atom is 0.251 e. The zero-order chi connectivity index (χ0) is 22.6. The fourth-order valence-corrected chi connectivity index (χ4v) is 4.40. The zero-order valence-electron chi connectivity index (χ0n) is 18.5. The lowest BCUT2D eigenvalue weighted by Crippen LogP contribution is -2.45. The van der Waals surface area contributed by atoms with Gasteiger partial charge in [-0.1, -0.05) is 6.07 Å². The summed E-state index contributed by atoms with van der Waals surface area (Å²) in [6.45, 7) is 2.50. The predicted octanol–water partition coefficient (Wildman–Crippen LogP) is 2.81. The van der Waals surface area contributed by atoms with Gasteiger partial charge in [-0.3, -0.25) is 9.59 Å². The van der Waals surface area contributed by atoms with Crippen LogP contribution in [0.5, 0.6) is 5.75 Å². The van der Waals surface area contributed by atoms with E-state index in [2.05, 4.69) is 10.3 Å². The van der Waals surface area contributed by atoms with E-state index in [0.29, 0.717) is 31.8 Å². The van der Waals surface area contributed by atoms with Crippen molar-refractivity contribution in [3.05, 3.63) is 66.1 Å². The first-order valence-corrected chi connectivity index (χ1v) is 11.5. The number of imidazole rings is 1. The molecule has 2 amide bonds. The molecule has 0 radical (unpaired) electrons. The van der Waals surface area contributed by atoms with Gasteiger partial charge in [-0.25, -0.2) is 4.98 Å². The summed E-state index contributed by atoms with van der Waals surface area (Å²) in [4.78, 5) is 31.1. The molecule has 2 aromatic heterocycles. The molecule has 0 bridgehead atoms. The van der Waals surface area contributed by atoms with Crippen molar-refractivity contribution in [2.45, 2.75) is 44.4 Å². The summed E-state index contributed by atoms with van der Waals surface area (Å²) in [6.07, 6.45) is 8.77. The predicted molar refractivity (Wildman–Crippen MR) is 122 cm³/mol. The summed E-state index contributed by atoms with van der Waals surface area (Å²) in [7, 11) is 0. The van der Waals surface area contributed by atoms with E-state index >= 15 is 0 Å². The number of carbonyl (C=O) groups excluding carboxylic acids is 2. The average Bonchev–Trinajstić information content (AvgIpc) is 3.55. The number of hydrogen-bond donors (Lipinski definition) is 1. The highest BCUT2D eigenvalue weighted by Crippen LogP contribution is 2.22. The van der Waals surface area contributed by atoms with Gasteiger partial charge >= 0.3 is 0 Å². The third-order valence-electron chi connectivity index (χ3n) is 6.28. The number of carbonyl (C=O) groups is 2. The Kier molecular flexibility index (Phi) is 6.26. The monoisotopic (exact) mass is 448 g/mol. The van der Waals surface area contributed by atoms with Crippen LogP contribution < -0.4 is 10.1 Å². The van der Waals surface area contributed by atoms with E-state index in [0.717, 1.165) is 42.6 Å². The molecule has 2 aliphatic heterocycles. The Labute approximate surface area is 192 Å². The number of fused-ring (bicyclic) bond motifs is 1. The van der Waals surface area contributed by atoms with Crippen LogP contribution in [0.25, 0.3) is 5.65 Å². The second-order valence-corrected chi connectivity index (χ2v) is 8.58. The number of nitrogens with zero attached hydrogens (tertiary/aromatic N) is 3. The third kappa shape index (κ3) is 5.01. The second kappa shape index (κ2) is 9.62. The molecular formula is C25H28N4O4. The Morgan fingerprint density at radius 3 is 2.67 bits per heavy atom. The van der Waals surface area contributed by atoms with Crippen LogP contribution >= 0.6 is 0 Å². The Bertz CT molecular complexity index is 1110. The largest absolute Gasteiger partial charge is 0.490 e. The van der Waals surface area contributed by atoms with Crippen LogP contribution in [0.15, 0.2) is 55.0 Å². The number of ether oxygens (including phenoxy) is 2. The summed E-state index contributed by atoms with van der Waals surface area (Å²) < 4.78 is 13.5. The van der Waals surface area contributed by atoms with Gasteiger partial charge in [-0.05, 0) is 48.7 Å². The van der Waals surface area contributed by atoms with Crippen molar-refractivity contribution in [1.29, 1.82) is 0 Å². The molecule has 1 atom stereocenters. The van der Waals surface area contributed by atoms with Crippen molar-refractivity contribution in [1.82, 2.24) is 19.6 Å². The molecule has 3 aromatic rings. The number of hydrogen-bond acceptors (Lipinski definition) is 5. The van der Waals surface area contributed by atoms with E-state index < -0.39 is 0 Å². The van der Waals surface area contributed by atoms with Gasteiger partial charge in [0.1, 0.15) is 23.6 Å². The molecule has 8 nitrogen and oxygen atoms in total. The van der Waals surface area contributed by atoms with E-state index in [9.17, 15) is 9.59 Å². The molecule has 2 aliphatic rings. The second-order valence-electron chi connectivity index (χ2n) is 8.58. The molecular weight excluding hydrogens is 420 g/mol. The number of pyridine rings is 1. The Morgan fingerprint density at radius 2 is 1.91 bits per heavy atom. The minimum Gasteiger partial charge on any atom is -0.490 e. The SMILES string of the molecule is O=C(NCc1ccc2nccn2c1)c1ccc(OC2CCN(C(=O)[C@H]3CCCO3)CC2)cc1. The van der Waals surface area contributed by atoms with Crippen molar-refractivity contribution >= 4 is 17.5 Å². The van der Waals surface area contributed by atoms with Gasteiger partial charge in [0.05, 0.1) is 0 Å². The van der Waals surface area contributed by atoms with Gasteiger partial charge in [-0.2, -0.15) is 0 Å². The maximum atomic E-state index is 12.5. The van der Waals surface area contributed by atoms with E-state index in [1.165, 1.54) is 0 Å². The average molecular weight is 449 g/mol. The van der Waals surface area contributed by atoms with Crippen molar-refractivity contribution in [2.24, 2.45) is 0 Å². The summed E-state index contributed by atoms with van der Waals surface area (Å²) in [6, 6.07) is 11.1. The lowest BCUT2D eigenvalue weighted by Gasteiger charge is -2.33. The fraction of sp³-hybridized carbons (Fsp3) is 0.400. The zero-order valence-corrected chi connectivity index (χ0v) is 18.5. The number of nitrogens with one attached hydrogen (secondary N) is 1. The number of rotatable bonds is 6. The molecule has 172 valence electrons. The molecule has 1 N–H and O–H groups in total. The van der Waals surface area contributed by atoms with Crippen molar-refractivity contribution in [3.63, 3.8) is 0 Å². The minimum atomic E-state index is -0.255. The molecule has 4 heterocycles. The molecule has 1 aromatic carbocycles. The van der Waals surface area contributed by atoms with E-state index in [4.69, 9.17) is 9.47 Å². The maximum absolute atomic E-state index is 12.5. The number of amides is 2. The van der Waals surface area contributed by atoms with Crippen LogP contribution in [0.4, 0.5) is 0 Å². The molecule has 2 saturated heterocycles. The molecule has 33 heavy (non-hydrogen) atoms. The minimum absolute atomic E-state index is 0.0660. The molecule has 2 fully saturated rings. The van der Waals surface area contributed by atoms with Crippen LogP contribution in [0.3, 0.4) is 0 Å². The van der Waals surface area contributed by atoms with E-state index in [1.54, 1.807) is 18.3 Å². The number of piperidine rings is 1. The summed E-state index contributed by atoms with van der Waals surface area (Å²) in [5.41, 5.74) is 2.46. The summed E-state index contributed by atoms with van der Waals surface area (Å²) in [5, 5.41) is 2.95. The highest BCUT2D eigenvalue weighted by atomic mass is 16.5. The normalized spacial score (nSPS) is 19.0. The fourth-order valence-electron chi connectivity index (χ4n) is 4.40. The van der Waals surface area contributed by atoms with Crippen molar-refractivity contribution in [3.8, 4) is 5.75 Å². The Balaban J connectivity index is 1.09. The molecule has 5 rings (SSSR count). The lowest BCUT2D eigenvalue weighted by atomic mass is 10.1. The van der Waals surface area contributed by atoms with Crippen LogP contribution in [0.2, 0.25) is 0 Å². The van der Waals surface area contributed by atoms with Crippen LogP contribution in [0.1, 0.15) is 41.6 Å². The molecule has 0 saturated carbocycles. The topological polar surface area (TPSA) is 85.2 Å². The quantitative estimate of drug-likeness (QED) is 0.627. The van der Waals surface area contributed by atoms with Gasteiger partial charge in [0.2, 0.25) is 0 Å². The summed E-state index contributed by atoms with van der Waals surface area (Å²) in [5.74, 6) is 0.723. The van der Waals surface area contributed by atoms with Crippen LogP contribution in [-0.2, 0) is 16.1 Å². The summed E-state index contributed by atoms with van der Waals surface area (Å²) >= 11 is 0.